The molecule has 3 aromatic rings. The minimum atomic E-state index is -0.653. The predicted octanol–water partition coefficient (Wildman–Crippen LogP) is 4.91. The van der Waals surface area contributed by atoms with E-state index < -0.39 is 5.60 Å². The number of fused-ring (bicyclic) bond motifs is 3. The van der Waals surface area contributed by atoms with Crippen molar-refractivity contribution < 1.29 is 4.74 Å². The molecule has 4 rings (SSSR count). The van der Waals surface area contributed by atoms with E-state index in [0.29, 0.717) is 12.0 Å². The molecule has 0 radical (unpaired) electrons. The standard InChI is InChI=1S/C23H20N2O2/c1-4-23(3)20-19(15-11-9-14(2)10-12-15)17(13-24)22(26)25-21(20)16-7-5-6-8-18(16)27-23/h5-12H,4H2,1-3H3,(H,25,26). The van der Waals surface area contributed by atoms with E-state index in [9.17, 15) is 10.1 Å². The number of benzene rings is 2. The van der Waals surface area contributed by atoms with Crippen LogP contribution in [-0.2, 0) is 5.60 Å². The van der Waals surface area contributed by atoms with E-state index in [4.69, 9.17) is 4.74 Å². The summed E-state index contributed by atoms with van der Waals surface area (Å²) < 4.78 is 6.39. The third kappa shape index (κ3) is 2.55. The summed E-state index contributed by atoms with van der Waals surface area (Å²) in [6.45, 7) is 6.07. The van der Waals surface area contributed by atoms with Gasteiger partial charge in [0.05, 0.1) is 5.69 Å². The van der Waals surface area contributed by atoms with Gasteiger partial charge in [-0.05, 0) is 38.0 Å². The number of ether oxygens (including phenoxy) is 1. The Morgan fingerprint density at radius 2 is 1.85 bits per heavy atom. The maximum Gasteiger partial charge on any atom is 0.266 e. The van der Waals surface area contributed by atoms with Crippen molar-refractivity contribution >= 4 is 0 Å². The lowest BCUT2D eigenvalue weighted by Gasteiger charge is -2.38. The first-order valence-electron chi connectivity index (χ1n) is 9.05. The lowest BCUT2D eigenvalue weighted by atomic mass is 9.80. The third-order valence-corrected chi connectivity index (χ3v) is 5.36. The average molecular weight is 356 g/mol. The van der Waals surface area contributed by atoms with Crippen molar-refractivity contribution in [2.24, 2.45) is 0 Å². The molecule has 2 heterocycles. The summed E-state index contributed by atoms with van der Waals surface area (Å²) >= 11 is 0. The van der Waals surface area contributed by atoms with Crippen LogP contribution in [0, 0.1) is 18.3 Å². The van der Waals surface area contributed by atoms with Crippen molar-refractivity contribution in [3.8, 4) is 34.2 Å². The SMILES string of the molecule is CCC1(C)Oc2ccccc2-c2[nH]c(=O)c(C#N)c(-c3ccc(C)cc3)c21. The molecule has 1 atom stereocenters. The molecule has 0 spiro atoms. The number of aromatic nitrogens is 1. The molecule has 134 valence electrons. The number of pyridine rings is 1. The van der Waals surface area contributed by atoms with Gasteiger partial charge in [-0.25, -0.2) is 0 Å². The van der Waals surface area contributed by atoms with Crippen LogP contribution < -0.4 is 10.3 Å². The number of hydrogen-bond acceptors (Lipinski definition) is 3. The second-order valence-electron chi connectivity index (χ2n) is 7.11. The van der Waals surface area contributed by atoms with E-state index in [2.05, 4.69) is 11.1 Å². The van der Waals surface area contributed by atoms with Crippen LogP contribution in [0.2, 0.25) is 0 Å². The highest BCUT2D eigenvalue weighted by molar-refractivity contribution is 5.84. The van der Waals surface area contributed by atoms with Crippen molar-refractivity contribution in [2.75, 3.05) is 0 Å². The molecule has 0 fully saturated rings. The van der Waals surface area contributed by atoms with Crippen LogP contribution in [0.15, 0.2) is 53.3 Å². The van der Waals surface area contributed by atoms with Gasteiger partial charge in [0, 0.05) is 16.7 Å². The molecule has 0 aliphatic carbocycles. The van der Waals surface area contributed by atoms with Crippen molar-refractivity contribution in [3.05, 3.63) is 75.6 Å². The van der Waals surface area contributed by atoms with Gasteiger partial charge in [0.25, 0.3) is 5.56 Å². The van der Waals surface area contributed by atoms with Crippen LogP contribution in [0.1, 0.15) is 37.0 Å². The van der Waals surface area contributed by atoms with Gasteiger partial charge in [-0.15, -0.1) is 0 Å². The quantitative estimate of drug-likeness (QED) is 0.710. The minimum absolute atomic E-state index is 0.125. The van der Waals surface area contributed by atoms with E-state index in [-0.39, 0.29) is 11.1 Å². The van der Waals surface area contributed by atoms with Crippen LogP contribution >= 0.6 is 0 Å². The van der Waals surface area contributed by atoms with Gasteiger partial charge < -0.3 is 9.72 Å². The van der Waals surface area contributed by atoms with Crippen molar-refractivity contribution in [3.63, 3.8) is 0 Å². The molecular formula is C23H20N2O2. The molecule has 1 N–H and O–H groups in total. The lowest BCUT2D eigenvalue weighted by molar-refractivity contribution is 0.0797. The second kappa shape index (κ2) is 6.14. The third-order valence-electron chi connectivity index (χ3n) is 5.36. The molecule has 1 unspecified atom stereocenters. The molecule has 1 aliphatic heterocycles. The van der Waals surface area contributed by atoms with E-state index in [1.807, 2.05) is 69.3 Å². The first-order chi connectivity index (χ1) is 13.0. The average Bonchev–Trinajstić information content (AvgIpc) is 2.68. The molecule has 1 aromatic heterocycles. The van der Waals surface area contributed by atoms with E-state index in [1.54, 1.807) is 0 Å². The first kappa shape index (κ1) is 17.1. The van der Waals surface area contributed by atoms with Gasteiger partial charge in [-0.1, -0.05) is 48.9 Å². The van der Waals surface area contributed by atoms with Gasteiger partial charge in [-0.3, -0.25) is 4.79 Å². The number of nitriles is 1. The Bertz CT molecular complexity index is 1140. The molecule has 2 aromatic carbocycles. The number of hydrogen-bond donors (Lipinski definition) is 1. The number of H-pyrrole nitrogens is 1. The zero-order chi connectivity index (χ0) is 19.2. The van der Waals surface area contributed by atoms with Gasteiger partial charge in [0.15, 0.2) is 0 Å². The molecule has 1 aliphatic rings. The smallest absolute Gasteiger partial charge is 0.266 e. The van der Waals surface area contributed by atoms with E-state index in [0.717, 1.165) is 33.7 Å². The van der Waals surface area contributed by atoms with Crippen LogP contribution in [0.3, 0.4) is 0 Å². The molecule has 27 heavy (non-hydrogen) atoms. The summed E-state index contributed by atoms with van der Waals surface area (Å²) in [5.74, 6) is 0.740. The Morgan fingerprint density at radius 3 is 2.52 bits per heavy atom. The van der Waals surface area contributed by atoms with Crippen molar-refractivity contribution in [1.29, 1.82) is 5.26 Å². The fraction of sp³-hybridized carbons (Fsp3) is 0.217. The zero-order valence-electron chi connectivity index (χ0n) is 15.6. The largest absolute Gasteiger partial charge is 0.482 e. The number of aryl methyl sites for hydroxylation is 1. The Morgan fingerprint density at radius 1 is 1.15 bits per heavy atom. The lowest BCUT2D eigenvalue weighted by Crippen LogP contribution is -2.35. The fourth-order valence-electron chi connectivity index (χ4n) is 3.75. The minimum Gasteiger partial charge on any atom is -0.482 e. The Balaban J connectivity index is 2.18. The summed E-state index contributed by atoms with van der Waals surface area (Å²) in [7, 11) is 0. The first-order valence-corrected chi connectivity index (χ1v) is 9.05. The number of aromatic amines is 1. The highest BCUT2D eigenvalue weighted by Gasteiger charge is 2.39. The topological polar surface area (TPSA) is 65.9 Å². The number of nitrogens with zero attached hydrogens (tertiary/aromatic N) is 1. The summed E-state index contributed by atoms with van der Waals surface area (Å²) in [4.78, 5) is 15.7. The van der Waals surface area contributed by atoms with Gasteiger partial charge in [0.1, 0.15) is 23.0 Å². The molecular weight excluding hydrogens is 336 g/mol. The summed E-state index contributed by atoms with van der Waals surface area (Å²) in [6.07, 6.45) is 0.699. The summed E-state index contributed by atoms with van der Waals surface area (Å²) in [6, 6.07) is 17.7. The van der Waals surface area contributed by atoms with Gasteiger partial charge in [0.2, 0.25) is 0 Å². The van der Waals surface area contributed by atoms with Gasteiger partial charge in [-0.2, -0.15) is 5.26 Å². The Hall–Kier alpha value is -3.32. The van der Waals surface area contributed by atoms with Crippen LogP contribution in [-0.4, -0.2) is 4.98 Å². The maximum atomic E-state index is 12.8. The monoisotopic (exact) mass is 356 g/mol. The van der Waals surface area contributed by atoms with Crippen molar-refractivity contribution in [2.45, 2.75) is 32.8 Å². The van der Waals surface area contributed by atoms with Crippen molar-refractivity contribution in [1.82, 2.24) is 4.98 Å². The highest BCUT2D eigenvalue weighted by Crippen LogP contribution is 2.49. The normalized spacial score (nSPS) is 17.4. The number of rotatable bonds is 2. The molecule has 0 amide bonds. The van der Waals surface area contributed by atoms with E-state index >= 15 is 0 Å². The van der Waals surface area contributed by atoms with Crippen LogP contribution in [0.5, 0.6) is 5.75 Å². The van der Waals surface area contributed by atoms with Crippen LogP contribution in [0.4, 0.5) is 0 Å². The van der Waals surface area contributed by atoms with Gasteiger partial charge >= 0.3 is 0 Å². The molecule has 0 saturated heterocycles. The number of nitrogens with one attached hydrogen (secondary N) is 1. The zero-order valence-corrected chi connectivity index (χ0v) is 15.6. The molecule has 0 bridgehead atoms. The molecule has 4 nitrogen and oxygen atoms in total. The van der Waals surface area contributed by atoms with E-state index in [1.165, 1.54) is 0 Å². The maximum absolute atomic E-state index is 12.8. The number of para-hydroxylation sites is 1. The molecule has 4 heteroatoms. The Kier molecular flexibility index (Phi) is 3.89. The Labute approximate surface area is 158 Å². The second-order valence-corrected chi connectivity index (χ2v) is 7.11. The molecule has 0 saturated carbocycles. The summed E-state index contributed by atoms with van der Waals surface area (Å²) in [5.41, 5.74) is 4.17. The summed E-state index contributed by atoms with van der Waals surface area (Å²) in [5, 5.41) is 9.74. The highest BCUT2D eigenvalue weighted by atomic mass is 16.5. The fourth-order valence-corrected chi connectivity index (χ4v) is 3.75. The predicted molar refractivity (Wildman–Crippen MR) is 106 cm³/mol. The van der Waals surface area contributed by atoms with Crippen LogP contribution in [0.25, 0.3) is 22.4 Å².